The Kier molecular flexibility index (Phi) is 4.68. The second-order valence-electron chi connectivity index (χ2n) is 3.60. The van der Waals surface area contributed by atoms with E-state index in [0.29, 0.717) is 11.8 Å². The number of aliphatic carboxylic acids is 1. The van der Waals surface area contributed by atoms with Crippen LogP contribution in [0.2, 0.25) is 0 Å². The molecule has 3 nitrogen and oxygen atoms in total. The molecule has 0 radical (unpaired) electrons. The molecule has 0 saturated heterocycles. The van der Waals surface area contributed by atoms with E-state index in [0.717, 1.165) is 12.8 Å². The van der Waals surface area contributed by atoms with Crippen LogP contribution in [0.4, 0.5) is 0 Å². The molecule has 76 valence electrons. The predicted molar refractivity (Wildman–Crippen MR) is 53.1 cm³/mol. The molecule has 0 aliphatic heterocycles. The molecule has 0 aromatic rings. The molecule has 1 unspecified atom stereocenters. The normalized spacial score (nSPS) is 21.3. The molecule has 0 heterocycles. The number of carbonyl (C=O) groups is 1. The summed E-state index contributed by atoms with van der Waals surface area (Å²) in [5.41, 5.74) is 0.420. The lowest BCUT2D eigenvalue weighted by atomic mass is 10.0. The molecule has 2 N–H and O–H groups in total. The van der Waals surface area contributed by atoms with Gasteiger partial charge in [-0.2, -0.15) is 0 Å². The van der Waals surface area contributed by atoms with Crippen molar-refractivity contribution in [3.63, 3.8) is 0 Å². The van der Waals surface area contributed by atoms with Gasteiger partial charge in [-0.15, -0.1) is 0 Å². The Morgan fingerprint density at radius 1 is 1.31 bits per heavy atom. The first-order valence-corrected chi connectivity index (χ1v) is 6.42. The summed E-state index contributed by atoms with van der Waals surface area (Å²) in [6, 6.07) is 0. The first-order valence-electron chi connectivity index (χ1n) is 4.87. The fraction of sp³-hybridized carbons (Fsp3) is 0.889. The van der Waals surface area contributed by atoms with Crippen molar-refractivity contribution in [2.24, 2.45) is 0 Å². The summed E-state index contributed by atoms with van der Waals surface area (Å²) in [6.07, 6.45) is 6.49. The van der Waals surface area contributed by atoms with Crippen molar-refractivity contribution in [3.05, 3.63) is 0 Å². The van der Waals surface area contributed by atoms with Gasteiger partial charge in [0.25, 0.3) is 0 Å². The highest BCUT2D eigenvalue weighted by Gasteiger charge is 2.21. The summed E-state index contributed by atoms with van der Waals surface area (Å²) in [6.45, 7) is 0. The van der Waals surface area contributed by atoms with Crippen LogP contribution in [0.3, 0.4) is 0 Å². The highest BCUT2D eigenvalue weighted by Crippen LogP contribution is 2.44. The van der Waals surface area contributed by atoms with Crippen LogP contribution in [-0.4, -0.2) is 27.8 Å². The maximum atomic E-state index is 10.3. The van der Waals surface area contributed by atoms with Gasteiger partial charge in [0.05, 0.1) is 6.42 Å². The average molecular weight is 204 g/mol. The number of hydrogen-bond donors (Lipinski definition) is 2. The zero-order valence-corrected chi connectivity index (χ0v) is 8.67. The first-order chi connectivity index (χ1) is 6.20. The third kappa shape index (κ3) is 4.06. The summed E-state index contributed by atoms with van der Waals surface area (Å²) >= 11 is 0. The van der Waals surface area contributed by atoms with Crippen molar-refractivity contribution in [3.8, 4) is 0 Å². The third-order valence-corrected chi connectivity index (χ3v) is 4.59. The summed E-state index contributed by atoms with van der Waals surface area (Å²) in [7, 11) is -1.01. The van der Waals surface area contributed by atoms with E-state index in [9.17, 15) is 9.69 Å². The van der Waals surface area contributed by atoms with Crippen LogP contribution < -0.4 is 0 Å². The van der Waals surface area contributed by atoms with Crippen LogP contribution in [0.15, 0.2) is 0 Å². The van der Waals surface area contributed by atoms with Gasteiger partial charge in [-0.25, -0.2) is 0 Å². The molecule has 0 aromatic carbocycles. The Morgan fingerprint density at radius 3 is 2.46 bits per heavy atom. The molecule has 0 spiro atoms. The van der Waals surface area contributed by atoms with Crippen LogP contribution >= 0.6 is 8.15 Å². The van der Waals surface area contributed by atoms with Crippen molar-refractivity contribution in [1.82, 2.24) is 0 Å². The predicted octanol–water partition coefficient (Wildman–Crippen LogP) is 2.18. The second-order valence-corrected chi connectivity index (χ2v) is 5.66. The lowest BCUT2D eigenvalue weighted by Gasteiger charge is -2.25. The van der Waals surface area contributed by atoms with E-state index in [2.05, 4.69) is 0 Å². The van der Waals surface area contributed by atoms with Crippen molar-refractivity contribution >= 4 is 14.1 Å². The number of carboxylic acid groups (broad SMARTS) is 1. The Morgan fingerprint density at radius 2 is 1.92 bits per heavy atom. The number of rotatable bonds is 4. The SMILES string of the molecule is O=C(O)CCP(O)C1CCCCC1. The van der Waals surface area contributed by atoms with Gasteiger partial charge in [0.2, 0.25) is 0 Å². The van der Waals surface area contributed by atoms with E-state index in [1.165, 1.54) is 19.3 Å². The maximum absolute atomic E-state index is 10.3. The van der Waals surface area contributed by atoms with E-state index in [1.54, 1.807) is 0 Å². The summed E-state index contributed by atoms with van der Waals surface area (Å²) in [4.78, 5) is 20.0. The zero-order valence-electron chi connectivity index (χ0n) is 7.78. The van der Waals surface area contributed by atoms with Gasteiger partial charge in [-0.1, -0.05) is 19.3 Å². The van der Waals surface area contributed by atoms with E-state index in [1.807, 2.05) is 0 Å². The van der Waals surface area contributed by atoms with Gasteiger partial charge < -0.3 is 10.00 Å². The van der Waals surface area contributed by atoms with Gasteiger partial charge >= 0.3 is 5.97 Å². The van der Waals surface area contributed by atoms with Gasteiger partial charge in [-0.3, -0.25) is 4.79 Å². The lowest BCUT2D eigenvalue weighted by Crippen LogP contribution is -2.13. The molecule has 0 amide bonds. The molecule has 1 saturated carbocycles. The van der Waals surface area contributed by atoms with E-state index >= 15 is 0 Å². The lowest BCUT2D eigenvalue weighted by molar-refractivity contribution is -0.136. The van der Waals surface area contributed by atoms with Crippen molar-refractivity contribution in [2.75, 3.05) is 6.16 Å². The van der Waals surface area contributed by atoms with E-state index in [-0.39, 0.29) is 6.42 Å². The summed E-state index contributed by atoms with van der Waals surface area (Å²) in [5.74, 6) is -0.794. The molecule has 4 heteroatoms. The highest BCUT2D eigenvalue weighted by atomic mass is 31.1. The van der Waals surface area contributed by atoms with Crippen molar-refractivity contribution < 1.29 is 14.8 Å². The summed E-state index contributed by atoms with van der Waals surface area (Å²) < 4.78 is 0. The van der Waals surface area contributed by atoms with Gasteiger partial charge in [0.1, 0.15) is 0 Å². The maximum Gasteiger partial charge on any atom is 0.303 e. The molecule has 0 aromatic heterocycles. The highest BCUT2D eigenvalue weighted by molar-refractivity contribution is 7.52. The van der Waals surface area contributed by atoms with Crippen LogP contribution in [0.1, 0.15) is 38.5 Å². The van der Waals surface area contributed by atoms with Gasteiger partial charge in [0.15, 0.2) is 0 Å². The molecule has 0 bridgehead atoms. The van der Waals surface area contributed by atoms with Crippen LogP contribution in [0.25, 0.3) is 0 Å². The molecule has 13 heavy (non-hydrogen) atoms. The number of carboxylic acids is 1. The summed E-state index contributed by atoms with van der Waals surface area (Å²) in [5, 5.41) is 8.46. The third-order valence-electron chi connectivity index (χ3n) is 2.55. The molecule has 1 atom stereocenters. The Labute approximate surface area is 80.0 Å². The first kappa shape index (κ1) is 10.9. The second kappa shape index (κ2) is 5.56. The van der Waals surface area contributed by atoms with Gasteiger partial charge in [0, 0.05) is 20.0 Å². The Balaban J connectivity index is 2.20. The fourth-order valence-electron chi connectivity index (χ4n) is 1.77. The molecule has 1 aliphatic carbocycles. The minimum atomic E-state index is -1.01. The minimum absolute atomic E-state index is 0.124. The molecule has 1 rings (SSSR count). The van der Waals surface area contributed by atoms with Crippen molar-refractivity contribution in [2.45, 2.75) is 44.2 Å². The topological polar surface area (TPSA) is 57.5 Å². The molecule has 1 aliphatic rings. The Hall–Kier alpha value is -0.140. The Bertz CT molecular complexity index is 166. The van der Waals surface area contributed by atoms with Crippen LogP contribution in [0, 0.1) is 0 Å². The van der Waals surface area contributed by atoms with Gasteiger partial charge in [-0.05, 0) is 12.8 Å². The number of hydrogen-bond acceptors (Lipinski definition) is 2. The van der Waals surface area contributed by atoms with Crippen LogP contribution in [-0.2, 0) is 4.79 Å². The standard InChI is InChI=1S/C9H17O3P/c10-9(11)6-7-13(12)8-4-2-1-3-5-8/h8,12H,1-7H2,(H,10,11). The largest absolute Gasteiger partial charge is 0.481 e. The van der Waals surface area contributed by atoms with E-state index < -0.39 is 14.1 Å². The molecular weight excluding hydrogens is 187 g/mol. The minimum Gasteiger partial charge on any atom is -0.481 e. The fourth-order valence-corrected chi connectivity index (χ4v) is 3.52. The molecule has 1 fully saturated rings. The van der Waals surface area contributed by atoms with E-state index in [4.69, 9.17) is 5.11 Å². The van der Waals surface area contributed by atoms with Crippen molar-refractivity contribution in [1.29, 1.82) is 0 Å². The molecular formula is C9H17O3P. The monoisotopic (exact) mass is 204 g/mol. The quantitative estimate of drug-likeness (QED) is 0.690. The zero-order chi connectivity index (χ0) is 9.68. The average Bonchev–Trinajstić information content (AvgIpc) is 2.15. The van der Waals surface area contributed by atoms with Crippen LogP contribution in [0.5, 0.6) is 0 Å². The smallest absolute Gasteiger partial charge is 0.303 e.